The molecule has 8 heteroatoms. The SMILES string of the molecule is CCN1CCN(C(=O)NCc2nc(C3CC3)cs2)CC1c1ncc[nH]1. The van der Waals surface area contributed by atoms with Crippen LogP contribution in [0.5, 0.6) is 0 Å². The number of imidazole rings is 1. The van der Waals surface area contributed by atoms with Gasteiger partial charge in [-0.15, -0.1) is 11.3 Å². The van der Waals surface area contributed by atoms with Crippen molar-refractivity contribution in [1.82, 2.24) is 30.1 Å². The number of H-pyrrole nitrogens is 1. The number of hydrogen-bond donors (Lipinski definition) is 2. The van der Waals surface area contributed by atoms with Crippen molar-refractivity contribution in [3.05, 3.63) is 34.3 Å². The Balaban J connectivity index is 1.34. The van der Waals surface area contributed by atoms with Crippen LogP contribution in [-0.2, 0) is 6.54 Å². The van der Waals surface area contributed by atoms with Gasteiger partial charge in [0.15, 0.2) is 0 Å². The van der Waals surface area contributed by atoms with E-state index < -0.39 is 0 Å². The summed E-state index contributed by atoms with van der Waals surface area (Å²) in [6.07, 6.45) is 6.11. The molecule has 3 heterocycles. The maximum atomic E-state index is 12.6. The molecule has 1 saturated carbocycles. The highest BCUT2D eigenvalue weighted by Crippen LogP contribution is 2.40. The molecule has 1 unspecified atom stereocenters. The number of nitrogens with one attached hydrogen (secondary N) is 2. The van der Waals surface area contributed by atoms with E-state index in [4.69, 9.17) is 0 Å². The average Bonchev–Trinajstić information content (AvgIpc) is 3.15. The Bertz CT molecular complexity index is 711. The summed E-state index contributed by atoms with van der Waals surface area (Å²) in [5, 5.41) is 6.15. The molecule has 0 spiro atoms. The molecule has 4 rings (SSSR count). The normalized spacial score (nSPS) is 21.5. The fourth-order valence-corrected chi connectivity index (χ4v) is 4.15. The van der Waals surface area contributed by atoms with Crippen molar-refractivity contribution in [2.24, 2.45) is 0 Å². The van der Waals surface area contributed by atoms with E-state index in [9.17, 15) is 4.79 Å². The van der Waals surface area contributed by atoms with Gasteiger partial charge in [0.2, 0.25) is 0 Å². The van der Waals surface area contributed by atoms with Crippen molar-refractivity contribution in [2.45, 2.75) is 38.3 Å². The lowest BCUT2D eigenvalue weighted by molar-refractivity contribution is 0.0896. The number of amides is 2. The van der Waals surface area contributed by atoms with Crippen molar-refractivity contribution >= 4 is 17.4 Å². The van der Waals surface area contributed by atoms with Gasteiger partial charge in [-0.25, -0.2) is 14.8 Å². The minimum Gasteiger partial charge on any atom is -0.347 e. The monoisotopic (exact) mass is 360 g/mol. The van der Waals surface area contributed by atoms with Gasteiger partial charge in [0.25, 0.3) is 0 Å². The molecule has 1 aliphatic carbocycles. The third-order valence-corrected chi connectivity index (χ3v) is 5.84. The number of thiazole rings is 1. The van der Waals surface area contributed by atoms with Gasteiger partial charge in [-0.1, -0.05) is 6.92 Å². The van der Waals surface area contributed by atoms with Crippen LogP contribution >= 0.6 is 11.3 Å². The van der Waals surface area contributed by atoms with Crippen molar-refractivity contribution in [2.75, 3.05) is 26.2 Å². The summed E-state index contributed by atoms with van der Waals surface area (Å²) in [6, 6.07) is 0.108. The number of nitrogens with zero attached hydrogens (tertiary/aromatic N) is 4. The lowest BCUT2D eigenvalue weighted by atomic mass is 10.1. The largest absolute Gasteiger partial charge is 0.347 e. The molecule has 2 aromatic heterocycles. The Hall–Kier alpha value is -1.93. The molecule has 0 aromatic carbocycles. The van der Waals surface area contributed by atoms with Crippen LogP contribution in [-0.4, -0.2) is 57.0 Å². The number of carbonyl (C=O) groups is 1. The first kappa shape index (κ1) is 16.5. The smallest absolute Gasteiger partial charge is 0.317 e. The summed E-state index contributed by atoms with van der Waals surface area (Å²) in [4.78, 5) is 29.0. The van der Waals surface area contributed by atoms with E-state index in [0.29, 0.717) is 19.0 Å². The van der Waals surface area contributed by atoms with Gasteiger partial charge in [0, 0.05) is 43.3 Å². The molecule has 0 radical (unpaired) electrons. The maximum Gasteiger partial charge on any atom is 0.317 e. The zero-order valence-corrected chi connectivity index (χ0v) is 15.3. The molecule has 2 N–H and O–H groups in total. The summed E-state index contributed by atoms with van der Waals surface area (Å²) in [5.41, 5.74) is 1.20. The molecule has 2 aromatic rings. The molecule has 0 bridgehead atoms. The third-order valence-electron chi connectivity index (χ3n) is 4.98. The highest BCUT2D eigenvalue weighted by atomic mass is 32.1. The van der Waals surface area contributed by atoms with Crippen LogP contribution in [0.4, 0.5) is 4.79 Å². The Morgan fingerprint density at radius 1 is 1.44 bits per heavy atom. The van der Waals surface area contributed by atoms with Crippen molar-refractivity contribution < 1.29 is 4.79 Å². The van der Waals surface area contributed by atoms with E-state index in [2.05, 4.69) is 37.5 Å². The summed E-state index contributed by atoms with van der Waals surface area (Å²) < 4.78 is 0. The van der Waals surface area contributed by atoms with Gasteiger partial charge in [-0.2, -0.15) is 0 Å². The quantitative estimate of drug-likeness (QED) is 0.858. The molecule has 1 saturated heterocycles. The fourth-order valence-electron chi connectivity index (χ4n) is 3.34. The fraction of sp³-hybridized carbons (Fsp3) is 0.588. The van der Waals surface area contributed by atoms with E-state index in [1.807, 2.05) is 11.1 Å². The summed E-state index contributed by atoms with van der Waals surface area (Å²) in [7, 11) is 0. The van der Waals surface area contributed by atoms with Crippen LogP contribution in [0.15, 0.2) is 17.8 Å². The summed E-state index contributed by atoms with van der Waals surface area (Å²) in [5.74, 6) is 1.59. The molecule has 25 heavy (non-hydrogen) atoms. The van der Waals surface area contributed by atoms with E-state index in [1.54, 1.807) is 17.5 Å². The van der Waals surface area contributed by atoms with Gasteiger partial charge < -0.3 is 15.2 Å². The second-order valence-electron chi connectivity index (χ2n) is 6.66. The lowest BCUT2D eigenvalue weighted by Crippen LogP contribution is -2.53. The van der Waals surface area contributed by atoms with Crippen molar-refractivity contribution in [3.8, 4) is 0 Å². The summed E-state index contributed by atoms with van der Waals surface area (Å²) in [6.45, 7) is 5.85. The number of aromatic nitrogens is 3. The topological polar surface area (TPSA) is 77.2 Å². The second-order valence-corrected chi connectivity index (χ2v) is 7.61. The van der Waals surface area contributed by atoms with E-state index >= 15 is 0 Å². The minimum absolute atomic E-state index is 0.0181. The first-order valence-corrected chi connectivity index (χ1v) is 9.83. The van der Waals surface area contributed by atoms with E-state index in [0.717, 1.165) is 30.5 Å². The first-order chi connectivity index (χ1) is 12.2. The number of urea groups is 1. The first-order valence-electron chi connectivity index (χ1n) is 8.95. The van der Waals surface area contributed by atoms with Crippen LogP contribution in [0.3, 0.4) is 0 Å². The predicted octanol–water partition coefficient (Wildman–Crippen LogP) is 2.33. The average molecular weight is 360 g/mol. The Labute approximate surface area is 151 Å². The number of rotatable bonds is 5. The second kappa shape index (κ2) is 7.13. The Kier molecular flexibility index (Phi) is 4.72. The lowest BCUT2D eigenvalue weighted by Gasteiger charge is -2.39. The number of likely N-dealkylation sites (N-methyl/N-ethyl adjacent to an activating group) is 1. The molecule has 2 aliphatic rings. The van der Waals surface area contributed by atoms with Gasteiger partial charge in [0.1, 0.15) is 10.8 Å². The van der Waals surface area contributed by atoms with Crippen LogP contribution in [0.1, 0.15) is 48.3 Å². The molecule has 1 aliphatic heterocycles. The van der Waals surface area contributed by atoms with Crippen LogP contribution in [0, 0.1) is 0 Å². The van der Waals surface area contributed by atoms with Crippen LogP contribution < -0.4 is 5.32 Å². The molecular weight excluding hydrogens is 336 g/mol. The predicted molar refractivity (Wildman–Crippen MR) is 96.5 cm³/mol. The molecular formula is C17H24N6OS. The highest BCUT2D eigenvalue weighted by molar-refractivity contribution is 7.09. The highest BCUT2D eigenvalue weighted by Gasteiger charge is 2.31. The number of piperazine rings is 1. The molecule has 2 fully saturated rings. The standard InChI is InChI=1S/C17H24N6OS/c1-2-22-7-8-23(10-14(22)16-18-5-6-19-16)17(24)20-9-15-21-13(11-25-15)12-3-4-12/h5-6,11-12,14H,2-4,7-10H2,1H3,(H,18,19)(H,20,24). The van der Waals surface area contributed by atoms with E-state index in [1.165, 1.54) is 18.5 Å². The molecule has 1 atom stereocenters. The van der Waals surface area contributed by atoms with Crippen LogP contribution in [0.2, 0.25) is 0 Å². The Morgan fingerprint density at radius 3 is 3.04 bits per heavy atom. The van der Waals surface area contributed by atoms with Crippen molar-refractivity contribution in [3.63, 3.8) is 0 Å². The zero-order chi connectivity index (χ0) is 17.2. The number of hydrogen-bond acceptors (Lipinski definition) is 5. The maximum absolute atomic E-state index is 12.6. The van der Waals surface area contributed by atoms with Gasteiger partial charge in [-0.3, -0.25) is 4.90 Å². The Morgan fingerprint density at radius 2 is 2.32 bits per heavy atom. The molecule has 7 nitrogen and oxygen atoms in total. The van der Waals surface area contributed by atoms with Crippen molar-refractivity contribution in [1.29, 1.82) is 0 Å². The third kappa shape index (κ3) is 3.69. The summed E-state index contributed by atoms with van der Waals surface area (Å²) >= 11 is 1.64. The van der Waals surface area contributed by atoms with Gasteiger partial charge >= 0.3 is 6.03 Å². The van der Waals surface area contributed by atoms with Gasteiger partial charge in [0.05, 0.1) is 18.3 Å². The molecule has 134 valence electrons. The van der Waals surface area contributed by atoms with Crippen LogP contribution in [0.25, 0.3) is 0 Å². The van der Waals surface area contributed by atoms with Gasteiger partial charge in [-0.05, 0) is 19.4 Å². The molecule has 2 amide bonds. The zero-order valence-electron chi connectivity index (χ0n) is 14.4. The number of aromatic amines is 1. The van der Waals surface area contributed by atoms with E-state index in [-0.39, 0.29) is 12.1 Å². The number of carbonyl (C=O) groups excluding carboxylic acids is 1. The minimum atomic E-state index is -0.0181.